The van der Waals surface area contributed by atoms with E-state index in [-0.39, 0.29) is 0 Å². The van der Waals surface area contributed by atoms with Gasteiger partial charge in [0.05, 0.1) is 0 Å². The molecule has 0 amide bonds. The maximum Gasteiger partial charge on any atom is 0.0466 e. The van der Waals surface area contributed by atoms with Crippen molar-refractivity contribution in [2.45, 2.75) is 44.9 Å². The lowest BCUT2D eigenvalue weighted by molar-refractivity contribution is 0.126. The van der Waals surface area contributed by atoms with Crippen LogP contribution in [-0.2, 0) is 4.74 Å². The van der Waals surface area contributed by atoms with Crippen LogP contribution in [0.25, 0.3) is 0 Å². The molecule has 0 saturated heterocycles. The van der Waals surface area contributed by atoms with Gasteiger partial charge in [-0.25, -0.2) is 0 Å². The maximum atomic E-state index is 5.46. The highest BCUT2D eigenvalue weighted by atomic mass is 16.5. The summed E-state index contributed by atoms with van der Waals surface area (Å²) in [6, 6.07) is 0. The lowest BCUT2D eigenvalue weighted by atomic mass is 10.2. The van der Waals surface area contributed by atoms with Crippen LogP contribution in [-0.4, -0.2) is 13.2 Å². The van der Waals surface area contributed by atoms with Crippen LogP contribution in [0, 0.1) is 11.8 Å². The minimum atomic E-state index is 0.932. The Morgan fingerprint density at radius 3 is 2.00 bits per heavy atom. The van der Waals surface area contributed by atoms with Gasteiger partial charge < -0.3 is 4.74 Å². The molecule has 0 aromatic heterocycles. The van der Waals surface area contributed by atoms with Crippen LogP contribution >= 0.6 is 0 Å². The van der Waals surface area contributed by atoms with Gasteiger partial charge in [0.25, 0.3) is 0 Å². The minimum Gasteiger partial charge on any atom is -0.381 e. The standard InChI is InChI=1S/C11H18O/c1-2-4-6-8-10-12-11-9-7-5-3-1/h2,4-11H2. The van der Waals surface area contributed by atoms with Crippen LogP contribution in [0.4, 0.5) is 0 Å². The predicted octanol–water partition coefficient (Wildman–Crippen LogP) is 2.75. The molecule has 0 bridgehead atoms. The molecule has 68 valence electrons. The topological polar surface area (TPSA) is 9.23 Å². The molecule has 0 atom stereocenters. The monoisotopic (exact) mass is 166 g/mol. The SMILES string of the molecule is C1#CCCCCOCCCCC1. The van der Waals surface area contributed by atoms with Crippen LogP contribution in [0.1, 0.15) is 44.9 Å². The van der Waals surface area contributed by atoms with E-state index in [4.69, 9.17) is 4.74 Å². The summed E-state index contributed by atoms with van der Waals surface area (Å²) >= 11 is 0. The molecule has 1 rings (SSSR count). The van der Waals surface area contributed by atoms with Crippen molar-refractivity contribution < 1.29 is 4.74 Å². The van der Waals surface area contributed by atoms with Gasteiger partial charge in [0.15, 0.2) is 0 Å². The molecule has 1 heterocycles. The van der Waals surface area contributed by atoms with Crippen LogP contribution < -0.4 is 0 Å². The first-order valence-electron chi connectivity index (χ1n) is 5.03. The number of hydrogen-bond donors (Lipinski definition) is 0. The lowest BCUT2D eigenvalue weighted by Crippen LogP contribution is -1.97. The molecular weight excluding hydrogens is 148 g/mol. The lowest BCUT2D eigenvalue weighted by Gasteiger charge is -2.03. The molecule has 0 aromatic rings. The van der Waals surface area contributed by atoms with Crippen molar-refractivity contribution >= 4 is 0 Å². The summed E-state index contributed by atoms with van der Waals surface area (Å²) in [5.41, 5.74) is 0. The fourth-order valence-electron chi connectivity index (χ4n) is 1.29. The summed E-state index contributed by atoms with van der Waals surface area (Å²) in [4.78, 5) is 0. The van der Waals surface area contributed by atoms with E-state index in [1.165, 1.54) is 32.1 Å². The first-order valence-corrected chi connectivity index (χ1v) is 5.03. The average Bonchev–Trinajstić information content (AvgIpc) is 2.05. The molecule has 0 aliphatic carbocycles. The molecule has 0 spiro atoms. The fraction of sp³-hybridized carbons (Fsp3) is 0.818. The summed E-state index contributed by atoms with van der Waals surface area (Å²) in [7, 11) is 0. The molecule has 0 N–H and O–H groups in total. The Morgan fingerprint density at radius 2 is 1.25 bits per heavy atom. The first-order chi connectivity index (χ1) is 6.00. The van der Waals surface area contributed by atoms with Crippen LogP contribution in [0.5, 0.6) is 0 Å². The van der Waals surface area contributed by atoms with E-state index in [9.17, 15) is 0 Å². The van der Waals surface area contributed by atoms with Gasteiger partial charge in [0, 0.05) is 26.1 Å². The highest BCUT2D eigenvalue weighted by Crippen LogP contribution is 2.02. The molecule has 0 radical (unpaired) electrons. The molecule has 1 nitrogen and oxygen atoms in total. The first kappa shape index (κ1) is 9.61. The van der Waals surface area contributed by atoms with Gasteiger partial charge in [0.2, 0.25) is 0 Å². The van der Waals surface area contributed by atoms with Gasteiger partial charge in [-0.2, -0.15) is 0 Å². The van der Waals surface area contributed by atoms with Crippen molar-refractivity contribution in [2.24, 2.45) is 0 Å². The zero-order valence-corrected chi connectivity index (χ0v) is 7.77. The Balaban J connectivity index is 2.14. The second-order valence-corrected chi connectivity index (χ2v) is 3.23. The Hall–Kier alpha value is -0.480. The van der Waals surface area contributed by atoms with E-state index in [1.807, 2.05) is 0 Å². The van der Waals surface area contributed by atoms with Gasteiger partial charge in [0.1, 0.15) is 0 Å². The minimum absolute atomic E-state index is 0.932. The second kappa shape index (κ2) is 7.18. The van der Waals surface area contributed by atoms with E-state index in [0.29, 0.717) is 0 Å². The third-order valence-corrected chi connectivity index (χ3v) is 2.06. The van der Waals surface area contributed by atoms with Crippen LogP contribution in [0.2, 0.25) is 0 Å². The molecule has 1 aliphatic heterocycles. The number of ether oxygens (including phenoxy) is 1. The smallest absolute Gasteiger partial charge is 0.0466 e. The zero-order valence-electron chi connectivity index (χ0n) is 7.77. The molecular formula is C11H18O. The quantitative estimate of drug-likeness (QED) is 0.503. The van der Waals surface area contributed by atoms with Crippen molar-refractivity contribution in [1.82, 2.24) is 0 Å². The highest BCUT2D eigenvalue weighted by Gasteiger charge is 1.92. The third-order valence-electron chi connectivity index (χ3n) is 2.06. The van der Waals surface area contributed by atoms with Crippen molar-refractivity contribution in [3.63, 3.8) is 0 Å². The Bertz CT molecular complexity index is 136. The largest absolute Gasteiger partial charge is 0.381 e. The fourth-order valence-corrected chi connectivity index (χ4v) is 1.29. The van der Waals surface area contributed by atoms with Gasteiger partial charge in [-0.3, -0.25) is 0 Å². The molecule has 0 unspecified atom stereocenters. The molecule has 1 heteroatoms. The average molecular weight is 166 g/mol. The van der Waals surface area contributed by atoms with Crippen molar-refractivity contribution in [3.05, 3.63) is 0 Å². The molecule has 12 heavy (non-hydrogen) atoms. The summed E-state index contributed by atoms with van der Waals surface area (Å²) < 4.78 is 5.46. The zero-order chi connectivity index (χ0) is 8.49. The number of hydrogen-bond acceptors (Lipinski definition) is 1. The van der Waals surface area contributed by atoms with E-state index in [0.717, 1.165) is 26.1 Å². The molecule has 0 aromatic carbocycles. The van der Waals surface area contributed by atoms with E-state index >= 15 is 0 Å². The molecule has 1 aliphatic rings. The molecule has 0 saturated carbocycles. The van der Waals surface area contributed by atoms with Crippen molar-refractivity contribution in [1.29, 1.82) is 0 Å². The predicted molar refractivity (Wildman–Crippen MR) is 50.9 cm³/mol. The number of rotatable bonds is 0. The summed E-state index contributed by atoms with van der Waals surface area (Å²) in [5, 5.41) is 0. The van der Waals surface area contributed by atoms with E-state index in [2.05, 4.69) is 11.8 Å². The summed E-state index contributed by atoms with van der Waals surface area (Å²) in [6.45, 7) is 1.88. The summed E-state index contributed by atoms with van der Waals surface area (Å²) in [6.07, 6.45) is 8.25. The Morgan fingerprint density at radius 1 is 0.667 bits per heavy atom. The van der Waals surface area contributed by atoms with E-state index in [1.54, 1.807) is 0 Å². The third kappa shape index (κ3) is 5.21. The second-order valence-electron chi connectivity index (χ2n) is 3.23. The Kier molecular flexibility index (Phi) is 5.75. The van der Waals surface area contributed by atoms with E-state index < -0.39 is 0 Å². The van der Waals surface area contributed by atoms with Gasteiger partial charge in [-0.15, -0.1) is 11.8 Å². The maximum absolute atomic E-state index is 5.46. The van der Waals surface area contributed by atoms with Gasteiger partial charge in [-0.05, 0) is 25.7 Å². The summed E-state index contributed by atoms with van der Waals surface area (Å²) in [5.74, 6) is 6.41. The normalized spacial score (nSPS) is 21.3. The van der Waals surface area contributed by atoms with Gasteiger partial charge in [-0.1, -0.05) is 6.42 Å². The van der Waals surface area contributed by atoms with Gasteiger partial charge >= 0.3 is 0 Å². The molecule has 0 fully saturated rings. The highest BCUT2D eigenvalue weighted by molar-refractivity contribution is 4.98. The Labute approximate surface area is 75.5 Å². The van der Waals surface area contributed by atoms with Crippen molar-refractivity contribution in [2.75, 3.05) is 13.2 Å². The van der Waals surface area contributed by atoms with Crippen LogP contribution in [0.15, 0.2) is 0 Å². The van der Waals surface area contributed by atoms with Crippen molar-refractivity contribution in [3.8, 4) is 11.8 Å². The van der Waals surface area contributed by atoms with Crippen LogP contribution in [0.3, 0.4) is 0 Å².